The molecule has 1 aliphatic rings. The highest BCUT2D eigenvalue weighted by Crippen LogP contribution is 2.42. The van der Waals surface area contributed by atoms with Crippen molar-refractivity contribution in [2.75, 3.05) is 18.0 Å². The van der Waals surface area contributed by atoms with Gasteiger partial charge in [0.25, 0.3) is 0 Å². The zero-order valence-electron chi connectivity index (χ0n) is 14.3. The molecule has 2 N–H and O–H groups in total. The van der Waals surface area contributed by atoms with E-state index in [1.54, 1.807) is 0 Å². The lowest BCUT2D eigenvalue weighted by molar-refractivity contribution is 0.293. The molecule has 0 bridgehead atoms. The summed E-state index contributed by atoms with van der Waals surface area (Å²) in [6, 6.07) is 8.74. The van der Waals surface area contributed by atoms with Crippen LogP contribution in [0.2, 0.25) is 0 Å². The highest BCUT2D eigenvalue weighted by Gasteiger charge is 2.39. The number of aryl methyl sites for hydroxylation is 1. The van der Waals surface area contributed by atoms with E-state index in [1.165, 1.54) is 43.4 Å². The van der Waals surface area contributed by atoms with Crippen LogP contribution in [0.3, 0.4) is 0 Å². The lowest BCUT2D eigenvalue weighted by Gasteiger charge is -2.45. The van der Waals surface area contributed by atoms with Crippen molar-refractivity contribution in [2.24, 2.45) is 11.1 Å². The second-order valence-electron chi connectivity index (χ2n) is 7.48. The van der Waals surface area contributed by atoms with E-state index in [-0.39, 0.29) is 5.54 Å². The fraction of sp³-hybridized carbons (Fsp3) is 0.684. The minimum absolute atomic E-state index is 0.134. The number of anilines is 1. The van der Waals surface area contributed by atoms with Crippen molar-refractivity contribution in [1.29, 1.82) is 0 Å². The van der Waals surface area contributed by atoms with Crippen LogP contribution in [0.25, 0.3) is 0 Å². The third-order valence-electron chi connectivity index (χ3n) is 5.44. The van der Waals surface area contributed by atoms with Crippen molar-refractivity contribution in [3.05, 3.63) is 29.8 Å². The van der Waals surface area contributed by atoms with E-state index in [0.29, 0.717) is 5.41 Å². The van der Waals surface area contributed by atoms with Crippen LogP contribution >= 0.6 is 0 Å². The lowest BCUT2D eigenvalue weighted by atomic mass is 9.82. The average molecular weight is 288 g/mol. The van der Waals surface area contributed by atoms with E-state index >= 15 is 0 Å². The molecule has 0 saturated heterocycles. The summed E-state index contributed by atoms with van der Waals surface area (Å²) in [7, 11) is 0. The van der Waals surface area contributed by atoms with Gasteiger partial charge in [-0.15, -0.1) is 0 Å². The first-order valence-corrected chi connectivity index (χ1v) is 8.47. The Kier molecular flexibility index (Phi) is 4.98. The normalized spacial score (nSPS) is 25.4. The summed E-state index contributed by atoms with van der Waals surface area (Å²) < 4.78 is 0. The van der Waals surface area contributed by atoms with Crippen LogP contribution in [0.1, 0.15) is 58.4 Å². The zero-order chi connectivity index (χ0) is 15.5. The molecule has 2 heteroatoms. The van der Waals surface area contributed by atoms with E-state index in [2.05, 4.69) is 56.9 Å². The third kappa shape index (κ3) is 3.42. The molecular weight excluding hydrogens is 256 g/mol. The molecule has 1 unspecified atom stereocenters. The zero-order valence-corrected chi connectivity index (χ0v) is 14.3. The standard InChI is InChI=1S/C19H32N2/c1-5-21(17-10-7-6-9-16(17)2)19(15-20)12-8-11-18(3,4)13-14-19/h6-7,9-10H,5,8,11-15,20H2,1-4H3. The average Bonchev–Trinajstić information content (AvgIpc) is 2.61. The molecule has 0 radical (unpaired) electrons. The molecule has 2 nitrogen and oxygen atoms in total. The molecule has 0 heterocycles. The number of nitrogens with two attached hydrogens (primary N) is 1. The molecule has 1 fully saturated rings. The Hall–Kier alpha value is -1.02. The van der Waals surface area contributed by atoms with E-state index in [0.717, 1.165) is 13.1 Å². The van der Waals surface area contributed by atoms with Crippen LogP contribution in [-0.4, -0.2) is 18.6 Å². The van der Waals surface area contributed by atoms with Crippen LogP contribution in [0, 0.1) is 12.3 Å². The van der Waals surface area contributed by atoms with Gasteiger partial charge in [0.1, 0.15) is 0 Å². The van der Waals surface area contributed by atoms with Gasteiger partial charge in [0.05, 0.1) is 5.54 Å². The van der Waals surface area contributed by atoms with E-state index in [9.17, 15) is 0 Å². The van der Waals surface area contributed by atoms with Gasteiger partial charge in [-0.05, 0) is 56.6 Å². The van der Waals surface area contributed by atoms with Crippen LogP contribution in [0.5, 0.6) is 0 Å². The first kappa shape index (κ1) is 16.4. The van der Waals surface area contributed by atoms with Crippen molar-refractivity contribution in [3.8, 4) is 0 Å². The Morgan fingerprint density at radius 3 is 2.43 bits per heavy atom. The minimum Gasteiger partial charge on any atom is -0.365 e. The Bertz CT molecular complexity index is 466. The molecule has 0 aliphatic heterocycles. The van der Waals surface area contributed by atoms with Gasteiger partial charge >= 0.3 is 0 Å². The predicted molar refractivity (Wildman–Crippen MR) is 92.9 cm³/mol. The van der Waals surface area contributed by atoms with Crippen molar-refractivity contribution in [1.82, 2.24) is 0 Å². The molecule has 118 valence electrons. The molecule has 0 amide bonds. The largest absolute Gasteiger partial charge is 0.365 e. The maximum absolute atomic E-state index is 6.32. The van der Waals surface area contributed by atoms with Crippen LogP contribution in [0.4, 0.5) is 5.69 Å². The quantitative estimate of drug-likeness (QED) is 0.826. The van der Waals surface area contributed by atoms with Gasteiger partial charge in [-0.3, -0.25) is 0 Å². The molecule has 1 aliphatic carbocycles. The van der Waals surface area contributed by atoms with Gasteiger partial charge < -0.3 is 10.6 Å². The summed E-state index contributed by atoms with van der Waals surface area (Å²) in [6.45, 7) is 11.1. The highest BCUT2D eigenvalue weighted by molar-refractivity contribution is 5.55. The molecule has 21 heavy (non-hydrogen) atoms. The summed E-state index contributed by atoms with van der Waals surface area (Å²) in [5, 5.41) is 0. The van der Waals surface area contributed by atoms with Crippen molar-refractivity contribution >= 4 is 5.69 Å². The number of para-hydroxylation sites is 1. The molecule has 1 aromatic rings. The second kappa shape index (κ2) is 6.39. The molecule has 1 aromatic carbocycles. The van der Waals surface area contributed by atoms with Crippen LogP contribution < -0.4 is 10.6 Å². The van der Waals surface area contributed by atoms with Gasteiger partial charge in [0.15, 0.2) is 0 Å². The molecule has 1 atom stereocenters. The van der Waals surface area contributed by atoms with Crippen LogP contribution in [0.15, 0.2) is 24.3 Å². The molecule has 0 spiro atoms. The number of likely N-dealkylation sites (N-methyl/N-ethyl adjacent to an activating group) is 1. The van der Waals surface area contributed by atoms with E-state index < -0.39 is 0 Å². The maximum Gasteiger partial charge on any atom is 0.0524 e. The van der Waals surface area contributed by atoms with Gasteiger partial charge in [-0.25, -0.2) is 0 Å². The highest BCUT2D eigenvalue weighted by atomic mass is 15.2. The Labute approximate surface area is 130 Å². The predicted octanol–water partition coefficient (Wildman–Crippen LogP) is 4.51. The molecule has 1 saturated carbocycles. The fourth-order valence-electron chi connectivity index (χ4n) is 3.93. The number of rotatable bonds is 4. The van der Waals surface area contributed by atoms with Crippen molar-refractivity contribution in [3.63, 3.8) is 0 Å². The Morgan fingerprint density at radius 1 is 1.10 bits per heavy atom. The van der Waals surface area contributed by atoms with Crippen LogP contribution in [-0.2, 0) is 0 Å². The first-order valence-electron chi connectivity index (χ1n) is 8.47. The number of benzene rings is 1. The lowest BCUT2D eigenvalue weighted by Crippen LogP contribution is -2.54. The van der Waals surface area contributed by atoms with Gasteiger partial charge in [-0.2, -0.15) is 0 Å². The first-order chi connectivity index (χ1) is 9.94. The molecule has 0 aromatic heterocycles. The number of hydrogen-bond acceptors (Lipinski definition) is 2. The van der Waals surface area contributed by atoms with Gasteiger partial charge in [0.2, 0.25) is 0 Å². The SMILES string of the molecule is CCN(c1ccccc1C)C1(CN)CCCC(C)(C)CC1. The Balaban J connectivity index is 2.35. The fourth-order valence-corrected chi connectivity index (χ4v) is 3.93. The maximum atomic E-state index is 6.32. The summed E-state index contributed by atoms with van der Waals surface area (Å²) in [4.78, 5) is 2.59. The Morgan fingerprint density at radius 2 is 1.81 bits per heavy atom. The number of hydrogen-bond donors (Lipinski definition) is 1. The van der Waals surface area contributed by atoms with Gasteiger partial charge in [0, 0.05) is 18.8 Å². The monoisotopic (exact) mass is 288 g/mol. The molecule has 2 rings (SSSR count). The van der Waals surface area contributed by atoms with E-state index in [1.807, 2.05) is 0 Å². The summed E-state index contributed by atoms with van der Waals surface area (Å²) in [5.41, 5.74) is 9.64. The summed E-state index contributed by atoms with van der Waals surface area (Å²) in [6.07, 6.45) is 6.30. The number of nitrogens with zero attached hydrogens (tertiary/aromatic N) is 1. The third-order valence-corrected chi connectivity index (χ3v) is 5.44. The van der Waals surface area contributed by atoms with Gasteiger partial charge in [-0.1, -0.05) is 38.5 Å². The van der Waals surface area contributed by atoms with E-state index in [4.69, 9.17) is 5.73 Å². The summed E-state index contributed by atoms with van der Waals surface area (Å²) in [5.74, 6) is 0. The minimum atomic E-state index is 0.134. The molecular formula is C19H32N2. The smallest absolute Gasteiger partial charge is 0.0524 e. The summed E-state index contributed by atoms with van der Waals surface area (Å²) >= 11 is 0. The van der Waals surface area contributed by atoms with Crippen molar-refractivity contribution in [2.45, 2.75) is 65.3 Å². The topological polar surface area (TPSA) is 29.3 Å². The van der Waals surface area contributed by atoms with Crippen molar-refractivity contribution < 1.29 is 0 Å². The second-order valence-corrected chi connectivity index (χ2v) is 7.48.